The standard InChI is InChI=1S/C14H18N2O3S2/c1-5-14(2,3)12(17)16-13-15-10-7-6-9(21(4,18)19)8-11(10)20-13/h6-8H,5H2,1-4H3,(H,15,16,17). The van der Waals surface area contributed by atoms with Gasteiger partial charge in [-0.05, 0) is 24.6 Å². The molecule has 0 radical (unpaired) electrons. The number of hydrogen-bond donors (Lipinski definition) is 1. The molecular formula is C14H18N2O3S2. The van der Waals surface area contributed by atoms with Crippen LogP contribution in [-0.2, 0) is 14.6 Å². The Morgan fingerprint density at radius 3 is 2.62 bits per heavy atom. The van der Waals surface area contributed by atoms with Gasteiger partial charge in [0, 0.05) is 11.7 Å². The average molecular weight is 326 g/mol. The SMILES string of the molecule is CCC(C)(C)C(=O)Nc1nc2ccc(S(C)(=O)=O)cc2s1. The minimum absolute atomic E-state index is 0.0904. The van der Waals surface area contributed by atoms with E-state index in [0.29, 0.717) is 10.6 Å². The molecule has 0 fully saturated rings. The van der Waals surface area contributed by atoms with Crippen molar-refractivity contribution in [1.29, 1.82) is 0 Å². The summed E-state index contributed by atoms with van der Waals surface area (Å²) in [7, 11) is -3.24. The summed E-state index contributed by atoms with van der Waals surface area (Å²) >= 11 is 1.27. The summed E-state index contributed by atoms with van der Waals surface area (Å²) in [6.07, 6.45) is 1.89. The lowest BCUT2D eigenvalue weighted by Gasteiger charge is -2.20. The van der Waals surface area contributed by atoms with E-state index < -0.39 is 15.3 Å². The fourth-order valence-corrected chi connectivity index (χ4v) is 3.24. The molecule has 0 aliphatic rings. The van der Waals surface area contributed by atoms with Crippen LogP contribution in [0.25, 0.3) is 10.2 Å². The summed E-state index contributed by atoms with van der Waals surface area (Å²) in [6.45, 7) is 5.70. The third kappa shape index (κ3) is 3.41. The van der Waals surface area contributed by atoms with Gasteiger partial charge in [0.2, 0.25) is 5.91 Å². The number of aromatic nitrogens is 1. The molecular weight excluding hydrogens is 308 g/mol. The van der Waals surface area contributed by atoms with Crippen LogP contribution in [0.5, 0.6) is 0 Å². The summed E-state index contributed by atoms with van der Waals surface area (Å²) in [5.74, 6) is -0.0904. The molecule has 1 aromatic carbocycles. The number of nitrogens with one attached hydrogen (secondary N) is 1. The fourth-order valence-electron chi connectivity index (χ4n) is 1.62. The molecule has 0 spiro atoms. The van der Waals surface area contributed by atoms with Gasteiger partial charge >= 0.3 is 0 Å². The minimum Gasteiger partial charge on any atom is -0.301 e. The number of amides is 1. The fraction of sp³-hybridized carbons (Fsp3) is 0.429. The lowest BCUT2D eigenvalue weighted by Crippen LogP contribution is -2.29. The summed E-state index contributed by atoms with van der Waals surface area (Å²) in [5.41, 5.74) is 0.215. The van der Waals surface area contributed by atoms with Gasteiger partial charge in [-0.25, -0.2) is 13.4 Å². The zero-order valence-corrected chi connectivity index (χ0v) is 14.1. The number of benzene rings is 1. The maximum atomic E-state index is 12.1. The smallest absolute Gasteiger partial charge is 0.231 e. The molecule has 0 saturated carbocycles. The van der Waals surface area contributed by atoms with Gasteiger partial charge in [-0.3, -0.25) is 4.79 Å². The molecule has 1 N–H and O–H groups in total. The molecule has 7 heteroatoms. The van der Waals surface area contributed by atoms with E-state index in [1.165, 1.54) is 23.7 Å². The first-order valence-corrected chi connectivity index (χ1v) is 9.26. The molecule has 2 aromatic rings. The van der Waals surface area contributed by atoms with Gasteiger partial charge in [0.15, 0.2) is 15.0 Å². The van der Waals surface area contributed by atoms with Crippen LogP contribution in [-0.4, -0.2) is 25.6 Å². The van der Waals surface area contributed by atoms with Crippen molar-refractivity contribution in [3.8, 4) is 0 Å². The van der Waals surface area contributed by atoms with Crippen LogP contribution in [0.2, 0.25) is 0 Å². The Hall–Kier alpha value is -1.47. The number of thiazole rings is 1. The second kappa shape index (κ2) is 5.38. The number of anilines is 1. The van der Waals surface area contributed by atoms with Crippen LogP contribution in [0.4, 0.5) is 5.13 Å². The topological polar surface area (TPSA) is 76.1 Å². The number of carbonyl (C=O) groups is 1. The third-order valence-electron chi connectivity index (χ3n) is 3.51. The molecule has 0 saturated heterocycles. The maximum absolute atomic E-state index is 12.1. The van der Waals surface area contributed by atoms with Crippen molar-refractivity contribution in [2.45, 2.75) is 32.1 Å². The van der Waals surface area contributed by atoms with Gasteiger partial charge in [-0.2, -0.15) is 0 Å². The van der Waals surface area contributed by atoms with E-state index in [1.807, 2.05) is 20.8 Å². The van der Waals surface area contributed by atoms with E-state index >= 15 is 0 Å². The highest BCUT2D eigenvalue weighted by atomic mass is 32.2. The van der Waals surface area contributed by atoms with Crippen LogP contribution < -0.4 is 5.32 Å². The normalized spacial score (nSPS) is 12.6. The molecule has 1 aromatic heterocycles. The molecule has 0 bridgehead atoms. The number of fused-ring (bicyclic) bond motifs is 1. The molecule has 2 rings (SSSR count). The predicted molar refractivity (Wildman–Crippen MR) is 85.4 cm³/mol. The molecule has 0 aliphatic carbocycles. The molecule has 0 unspecified atom stereocenters. The predicted octanol–water partition coefficient (Wildman–Crippen LogP) is 3.07. The summed E-state index contributed by atoms with van der Waals surface area (Å²) < 4.78 is 23.8. The van der Waals surface area contributed by atoms with Crippen LogP contribution in [0.15, 0.2) is 23.1 Å². The van der Waals surface area contributed by atoms with Crippen LogP contribution in [0.3, 0.4) is 0 Å². The van der Waals surface area contributed by atoms with Crippen molar-refractivity contribution in [3.63, 3.8) is 0 Å². The summed E-state index contributed by atoms with van der Waals surface area (Å²) in [4.78, 5) is 16.7. The van der Waals surface area contributed by atoms with Crippen molar-refractivity contribution >= 4 is 42.4 Å². The number of sulfone groups is 1. The Morgan fingerprint density at radius 2 is 2.05 bits per heavy atom. The number of hydrogen-bond acceptors (Lipinski definition) is 5. The first-order chi connectivity index (χ1) is 9.63. The summed E-state index contributed by atoms with van der Waals surface area (Å²) in [6, 6.07) is 4.77. The van der Waals surface area contributed by atoms with Crippen molar-refractivity contribution in [2.24, 2.45) is 5.41 Å². The van der Waals surface area contributed by atoms with E-state index in [4.69, 9.17) is 0 Å². The maximum Gasteiger partial charge on any atom is 0.231 e. The van der Waals surface area contributed by atoms with Gasteiger partial charge in [-0.1, -0.05) is 32.1 Å². The lowest BCUT2D eigenvalue weighted by molar-refractivity contribution is -0.124. The van der Waals surface area contributed by atoms with E-state index in [-0.39, 0.29) is 10.8 Å². The molecule has 5 nitrogen and oxygen atoms in total. The Bertz CT molecular complexity index is 792. The van der Waals surface area contributed by atoms with Crippen LogP contribution in [0, 0.1) is 5.41 Å². The molecule has 114 valence electrons. The van der Waals surface area contributed by atoms with Gasteiger partial charge in [0.25, 0.3) is 0 Å². The third-order valence-corrected chi connectivity index (χ3v) is 5.55. The van der Waals surface area contributed by atoms with E-state index in [9.17, 15) is 13.2 Å². The first-order valence-electron chi connectivity index (χ1n) is 6.55. The van der Waals surface area contributed by atoms with Crippen LogP contribution in [0.1, 0.15) is 27.2 Å². The van der Waals surface area contributed by atoms with Gasteiger partial charge in [0.1, 0.15) is 0 Å². The summed E-state index contributed by atoms with van der Waals surface area (Å²) in [5, 5.41) is 3.29. The average Bonchev–Trinajstić information content (AvgIpc) is 2.78. The Morgan fingerprint density at radius 1 is 1.38 bits per heavy atom. The number of carbonyl (C=O) groups excluding carboxylic acids is 1. The second-order valence-electron chi connectivity index (χ2n) is 5.61. The van der Waals surface area contributed by atoms with Gasteiger partial charge < -0.3 is 5.32 Å². The minimum atomic E-state index is -3.24. The number of nitrogens with zero attached hydrogens (tertiary/aromatic N) is 1. The Labute approximate surface area is 128 Å². The zero-order valence-electron chi connectivity index (χ0n) is 12.4. The highest BCUT2D eigenvalue weighted by Gasteiger charge is 2.26. The molecule has 0 atom stereocenters. The van der Waals surface area contributed by atoms with Gasteiger partial charge in [0.05, 0.1) is 15.1 Å². The van der Waals surface area contributed by atoms with E-state index in [2.05, 4.69) is 10.3 Å². The van der Waals surface area contributed by atoms with Crippen molar-refractivity contribution in [3.05, 3.63) is 18.2 Å². The second-order valence-corrected chi connectivity index (χ2v) is 8.66. The largest absolute Gasteiger partial charge is 0.301 e. The van der Waals surface area contributed by atoms with Crippen LogP contribution >= 0.6 is 11.3 Å². The quantitative estimate of drug-likeness (QED) is 0.937. The highest BCUT2D eigenvalue weighted by molar-refractivity contribution is 7.90. The number of rotatable bonds is 4. The highest BCUT2D eigenvalue weighted by Crippen LogP contribution is 2.30. The Kier molecular flexibility index (Phi) is 4.08. The zero-order chi connectivity index (χ0) is 15.8. The first kappa shape index (κ1) is 15.9. The Balaban J connectivity index is 2.34. The van der Waals surface area contributed by atoms with Crippen molar-refractivity contribution in [2.75, 3.05) is 11.6 Å². The molecule has 0 aliphatic heterocycles. The molecule has 1 amide bonds. The van der Waals surface area contributed by atoms with Crippen molar-refractivity contribution in [1.82, 2.24) is 4.98 Å². The molecule has 1 heterocycles. The van der Waals surface area contributed by atoms with E-state index in [0.717, 1.165) is 11.1 Å². The van der Waals surface area contributed by atoms with Crippen molar-refractivity contribution < 1.29 is 13.2 Å². The van der Waals surface area contributed by atoms with Gasteiger partial charge in [-0.15, -0.1) is 0 Å². The monoisotopic (exact) mass is 326 g/mol. The van der Waals surface area contributed by atoms with E-state index in [1.54, 1.807) is 12.1 Å². The lowest BCUT2D eigenvalue weighted by atomic mass is 9.89. The molecule has 21 heavy (non-hydrogen) atoms.